The molecule has 0 aliphatic carbocycles. The molecule has 0 saturated carbocycles. The fourth-order valence-corrected chi connectivity index (χ4v) is 4.35. The average Bonchev–Trinajstić information content (AvgIpc) is 3.23. The maximum Gasteiger partial charge on any atom is 0.265 e. The number of aryl methyl sites for hydroxylation is 1. The van der Waals surface area contributed by atoms with Crippen molar-refractivity contribution in [2.75, 3.05) is 17.1 Å². The first kappa shape index (κ1) is 21.7. The van der Waals surface area contributed by atoms with Crippen LogP contribution in [0, 0.1) is 6.92 Å². The Bertz CT molecular complexity index is 1190. The normalized spacial score (nSPS) is 11.4. The van der Waals surface area contributed by atoms with Crippen molar-refractivity contribution in [3.63, 3.8) is 0 Å². The minimum absolute atomic E-state index is 0.105. The second kappa shape index (κ2) is 9.19. The van der Waals surface area contributed by atoms with E-state index in [2.05, 4.69) is 26.0 Å². The molecule has 3 aromatic rings. The molecule has 1 heterocycles. The van der Waals surface area contributed by atoms with Crippen LogP contribution in [0.3, 0.4) is 0 Å². The number of nitrogens with one attached hydrogen (secondary N) is 2. The lowest BCUT2D eigenvalue weighted by Gasteiger charge is -2.14. The number of carbonyl (C=O) groups excluding carboxylic acids is 1. The van der Waals surface area contributed by atoms with Gasteiger partial charge in [-0.25, -0.2) is 8.42 Å². The summed E-state index contributed by atoms with van der Waals surface area (Å²) < 4.78 is 39.5. The molecular weight excluding hydrogens is 472 g/mol. The standard InChI is InChI=1S/C21H19BrN2O5S/c1-14-5-8-17(22)18(12-14)24-30(26,27)20-13-15(6-9-19(20)28-2)23-21(25)10-7-16-4-3-11-29-16/h3-13,24H,1-2H3,(H,23,25)/b10-7+. The fourth-order valence-electron chi connectivity index (χ4n) is 2.61. The van der Waals surface area contributed by atoms with Gasteiger partial charge < -0.3 is 14.5 Å². The quantitative estimate of drug-likeness (QED) is 0.463. The van der Waals surface area contributed by atoms with E-state index in [-0.39, 0.29) is 10.6 Å². The van der Waals surface area contributed by atoms with Gasteiger partial charge in [0.2, 0.25) is 5.91 Å². The van der Waals surface area contributed by atoms with E-state index in [1.807, 2.05) is 13.0 Å². The Morgan fingerprint density at radius 1 is 1.17 bits per heavy atom. The third-order valence-corrected chi connectivity index (χ3v) is 6.11. The molecule has 2 N–H and O–H groups in total. The van der Waals surface area contributed by atoms with Crippen LogP contribution in [0.4, 0.5) is 11.4 Å². The lowest BCUT2D eigenvalue weighted by molar-refractivity contribution is -0.111. The topological polar surface area (TPSA) is 97.6 Å². The van der Waals surface area contributed by atoms with Gasteiger partial charge in [-0.3, -0.25) is 9.52 Å². The van der Waals surface area contributed by atoms with Crippen LogP contribution in [0.2, 0.25) is 0 Å². The molecule has 0 bridgehead atoms. The van der Waals surface area contributed by atoms with Gasteiger partial charge >= 0.3 is 0 Å². The summed E-state index contributed by atoms with van der Waals surface area (Å²) in [5.41, 5.74) is 1.59. The summed E-state index contributed by atoms with van der Waals surface area (Å²) in [4.78, 5) is 12.0. The number of ether oxygens (including phenoxy) is 1. The van der Waals surface area contributed by atoms with Crippen LogP contribution >= 0.6 is 15.9 Å². The Kier molecular flexibility index (Phi) is 6.63. The maximum atomic E-state index is 13.0. The van der Waals surface area contributed by atoms with Gasteiger partial charge in [0, 0.05) is 16.2 Å². The van der Waals surface area contributed by atoms with Crippen LogP contribution in [-0.2, 0) is 14.8 Å². The highest BCUT2D eigenvalue weighted by atomic mass is 79.9. The van der Waals surface area contributed by atoms with Gasteiger partial charge in [0.1, 0.15) is 16.4 Å². The summed E-state index contributed by atoms with van der Waals surface area (Å²) in [6.45, 7) is 1.86. The number of amides is 1. The summed E-state index contributed by atoms with van der Waals surface area (Å²) >= 11 is 3.34. The van der Waals surface area contributed by atoms with Crippen molar-refractivity contribution in [3.05, 3.63) is 76.7 Å². The number of sulfonamides is 1. The Morgan fingerprint density at radius 3 is 2.67 bits per heavy atom. The Balaban J connectivity index is 1.86. The number of hydrogen-bond acceptors (Lipinski definition) is 5. The van der Waals surface area contributed by atoms with Crippen molar-refractivity contribution in [1.29, 1.82) is 0 Å². The second-order valence-electron chi connectivity index (χ2n) is 6.29. The number of anilines is 2. The molecular formula is C21H19BrN2O5S. The first-order valence-electron chi connectivity index (χ1n) is 8.78. The van der Waals surface area contributed by atoms with Gasteiger partial charge in [-0.2, -0.15) is 0 Å². The predicted octanol–water partition coefficient (Wildman–Crippen LogP) is 4.81. The van der Waals surface area contributed by atoms with E-state index in [4.69, 9.17) is 9.15 Å². The minimum atomic E-state index is -3.99. The first-order chi connectivity index (χ1) is 14.3. The molecule has 9 heteroatoms. The Morgan fingerprint density at radius 2 is 1.97 bits per heavy atom. The van der Waals surface area contributed by atoms with Gasteiger partial charge in [0.15, 0.2) is 0 Å². The molecule has 3 rings (SSSR count). The molecule has 0 fully saturated rings. The van der Waals surface area contributed by atoms with Crippen molar-refractivity contribution < 1.29 is 22.4 Å². The maximum absolute atomic E-state index is 13.0. The second-order valence-corrected chi connectivity index (χ2v) is 8.80. The van der Waals surface area contributed by atoms with Gasteiger partial charge in [0.05, 0.1) is 19.1 Å². The largest absolute Gasteiger partial charge is 0.495 e. The summed E-state index contributed by atoms with van der Waals surface area (Å²) in [5, 5.41) is 2.63. The third kappa shape index (κ3) is 5.31. The molecule has 0 unspecified atom stereocenters. The Labute approximate surface area is 182 Å². The minimum Gasteiger partial charge on any atom is -0.495 e. The molecule has 0 radical (unpaired) electrons. The van der Waals surface area contributed by atoms with E-state index in [1.165, 1.54) is 37.7 Å². The molecule has 0 aliphatic rings. The van der Waals surface area contributed by atoms with Crippen molar-refractivity contribution in [2.45, 2.75) is 11.8 Å². The van der Waals surface area contributed by atoms with Crippen molar-refractivity contribution in [1.82, 2.24) is 0 Å². The van der Waals surface area contributed by atoms with Gasteiger partial charge in [-0.05, 0) is 77.0 Å². The third-order valence-electron chi connectivity index (χ3n) is 4.03. The highest BCUT2D eigenvalue weighted by Gasteiger charge is 2.22. The van der Waals surface area contributed by atoms with E-state index < -0.39 is 15.9 Å². The van der Waals surface area contributed by atoms with Crippen LogP contribution in [0.15, 0.2) is 74.7 Å². The molecule has 30 heavy (non-hydrogen) atoms. The lowest BCUT2D eigenvalue weighted by atomic mass is 10.2. The summed E-state index contributed by atoms with van der Waals surface area (Å²) in [6.07, 6.45) is 4.30. The molecule has 1 amide bonds. The highest BCUT2D eigenvalue weighted by molar-refractivity contribution is 9.10. The summed E-state index contributed by atoms with van der Waals surface area (Å²) in [7, 11) is -2.61. The first-order valence-corrected chi connectivity index (χ1v) is 11.1. The smallest absolute Gasteiger partial charge is 0.265 e. The molecule has 0 atom stereocenters. The van der Waals surface area contributed by atoms with Crippen molar-refractivity contribution >= 4 is 49.3 Å². The SMILES string of the molecule is COc1ccc(NC(=O)/C=C/c2ccco2)cc1S(=O)(=O)Nc1cc(C)ccc1Br. The van der Waals surface area contributed by atoms with E-state index in [0.717, 1.165) is 5.56 Å². The fraction of sp³-hybridized carbons (Fsp3) is 0.0952. The predicted molar refractivity (Wildman–Crippen MR) is 119 cm³/mol. The molecule has 0 saturated heterocycles. The van der Waals surface area contributed by atoms with Crippen LogP contribution < -0.4 is 14.8 Å². The van der Waals surface area contributed by atoms with Crippen LogP contribution in [-0.4, -0.2) is 21.4 Å². The van der Waals surface area contributed by atoms with Crippen molar-refractivity contribution in [2.24, 2.45) is 0 Å². The van der Waals surface area contributed by atoms with E-state index in [0.29, 0.717) is 21.6 Å². The van der Waals surface area contributed by atoms with E-state index in [1.54, 1.807) is 30.3 Å². The van der Waals surface area contributed by atoms with Gasteiger partial charge in [-0.15, -0.1) is 0 Å². The zero-order chi connectivity index (χ0) is 21.7. The molecule has 1 aromatic heterocycles. The van der Waals surface area contributed by atoms with E-state index in [9.17, 15) is 13.2 Å². The Hall–Kier alpha value is -3.04. The molecule has 0 aliphatic heterocycles. The molecule has 0 spiro atoms. The van der Waals surface area contributed by atoms with Crippen LogP contribution in [0.5, 0.6) is 5.75 Å². The number of methoxy groups -OCH3 is 1. The summed E-state index contributed by atoms with van der Waals surface area (Å²) in [6, 6.07) is 13.1. The van der Waals surface area contributed by atoms with Gasteiger partial charge in [0.25, 0.3) is 10.0 Å². The summed E-state index contributed by atoms with van der Waals surface area (Å²) in [5.74, 6) is 0.237. The zero-order valence-corrected chi connectivity index (χ0v) is 18.6. The zero-order valence-electron chi connectivity index (χ0n) is 16.2. The van der Waals surface area contributed by atoms with Crippen molar-refractivity contribution in [3.8, 4) is 5.75 Å². The number of halogens is 1. The molecule has 7 nitrogen and oxygen atoms in total. The number of rotatable bonds is 7. The number of carbonyl (C=O) groups is 1. The monoisotopic (exact) mass is 490 g/mol. The lowest BCUT2D eigenvalue weighted by Crippen LogP contribution is -2.15. The number of hydrogen-bond donors (Lipinski definition) is 2. The van der Waals surface area contributed by atoms with Crippen LogP contribution in [0.25, 0.3) is 6.08 Å². The highest BCUT2D eigenvalue weighted by Crippen LogP contribution is 2.31. The number of furan rings is 1. The van der Waals surface area contributed by atoms with Gasteiger partial charge in [-0.1, -0.05) is 6.07 Å². The van der Waals surface area contributed by atoms with Crippen LogP contribution in [0.1, 0.15) is 11.3 Å². The number of benzene rings is 2. The molecule has 2 aromatic carbocycles. The molecule has 156 valence electrons. The average molecular weight is 491 g/mol. The van der Waals surface area contributed by atoms with E-state index >= 15 is 0 Å².